The lowest BCUT2D eigenvalue weighted by Crippen LogP contribution is -2.50. The molecule has 0 bridgehead atoms. The minimum absolute atomic E-state index is 0.0495. The van der Waals surface area contributed by atoms with Gasteiger partial charge in [0.15, 0.2) is 6.61 Å². The third kappa shape index (κ3) is 4.93. The molecule has 0 radical (unpaired) electrons. The van der Waals surface area contributed by atoms with E-state index in [4.69, 9.17) is 4.74 Å². The number of hydrogen-bond donors (Lipinski definition) is 3. The largest absolute Gasteiger partial charge is 0.482 e. The Kier molecular flexibility index (Phi) is 5.93. The maximum absolute atomic E-state index is 12.0. The van der Waals surface area contributed by atoms with Crippen LogP contribution in [0.4, 0.5) is 5.69 Å². The van der Waals surface area contributed by atoms with E-state index in [1.807, 2.05) is 5.43 Å². The number of para-hydroxylation sites is 2. The minimum atomic E-state index is -0.963. The first-order valence-electron chi connectivity index (χ1n) is 7.80. The molecular formula is C16H20N4O5. The van der Waals surface area contributed by atoms with E-state index in [2.05, 4.69) is 10.7 Å². The van der Waals surface area contributed by atoms with Crippen LogP contribution in [0.5, 0.6) is 5.75 Å². The minimum Gasteiger partial charge on any atom is -0.482 e. The zero-order chi connectivity index (χ0) is 18.4. The standard InChI is InChI=1S/C16H20N4O5/c1-10(2)17-15(23)16(24)19-18-13(21)7-8-20-11-5-3-4-6-12(11)25-9-14(20)22/h3-6,10H,7-9H2,1-2H3,(H,17,23)(H,18,21)(H,19,24). The summed E-state index contributed by atoms with van der Waals surface area (Å²) in [7, 11) is 0. The Morgan fingerprint density at radius 1 is 1.16 bits per heavy atom. The molecule has 1 aliphatic heterocycles. The quantitative estimate of drug-likeness (QED) is 0.500. The second kappa shape index (κ2) is 8.13. The second-order valence-electron chi connectivity index (χ2n) is 5.68. The molecule has 134 valence electrons. The van der Waals surface area contributed by atoms with E-state index >= 15 is 0 Å². The summed E-state index contributed by atoms with van der Waals surface area (Å²) in [6.45, 7) is 3.45. The number of hydrazine groups is 1. The van der Waals surface area contributed by atoms with Crippen LogP contribution < -0.4 is 25.8 Å². The average molecular weight is 348 g/mol. The molecule has 3 N–H and O–H groups in total. The lowest BCUT2D eigenvalue weighted by Gasteiger charge is -2.29. The smallest absolute Gasteiger partial charge is 0.327 e. The zero-order valence-electron chi connectivity index (χ0n) is 14.0. The monoisotopic (exact) mass is 348 g/mol. The van der Waals surface area contributed by atoms with E-state index in [9.17, 15) is 19.2 Å². The van der Waals surface area contributed by atoms with Crippen molar-refractivity contribution in [1.82, 2.24) is 16.2 Å². The highest BCUT2D eigenvalue weighted by Gasteiger charge is 2.25. The lowest BCUT2D eigenvalue weighted by molar-refractivity contribution is -0.141. The van der Waals surface area contributed by atoms with Crippen LogP contribution in [0.15, 0.2) is 24.3 Å². The molecule has 1 heterocycles. The van der Waals surface area contributed by atoms with Gasteiger partial charge in [-0.2, -0.15) is 0 Å². The number of hydrogen-bond acceptors (Lipinski definition) is 5. The normalized spacial score (nSPS) is 12.9. The van der Waals surface area contributed by atoms with Crippen LogP contribution in [0, 0.1) is 0 Å². The molecular weight excluding hydrogens is 328 g/mol. The number of anilines is 1. The summed E-state index contributed by atoms with van der Waals surface area (Å²) >= 11 is 0. The molecule has 1 aliphatic rings. The van der Waals surface area contributed by atoms with E-state index in [0.717, 1.165) is 0 Å². The molecule has 0 saturated carbocycles. The SMILES string of the molecule is CC(C)NC(=O)C(=O)NNC(=O)CCN1C(=O)COc2ccccc21. The van der Waals surface area contributed by atoms with Crippen LogP contribution >= 0.6 is 0 Å². The first kappa shape index (κ1) is 18.2. The molecule has 0 atom stereocenters. The maximum Gasteiger partial charge on any atom is 0.327 e. The van der Waals surface area contributed by atoms with Crippen molar-refractivity contribution >= 4 is 29.3 Å². The Balaban J connectivity index is 1.83. The molecule has 25 heavy (non-hydrogen) atoms. The van der Waals surface area contributed by atoms with Crippen LogP contribution in [0.2, 0.25) is 0 Å². The van der Waals surface area contributed by atoms with Gasteiger partial charge in [-0.1, -0.05) is 12.1 Å². The van der Waals surface area contributed by atoms with Gasteiger partial charge in [0.2, 0.25) is 5.91 Å². The molecule has 0 spiro atoms. The molecule has 1 aromatic carbocycles. The highest BCUT2D eigenvalue weighted by Crippen LogP contribution is 2.31. The fourth-order valence-corrected chi connectivity index (χ4v) is 2.19. The maximum atomic E-state index is 12.0. The molecule has 0 unspecified atom stereocenters. The third-order valence-corrected chi connectivity index (χ3v) is 3.31. The van der Waals surface area contributed by atoms with Crippen molar-refractivity contribution in [3.63, 3.8) is 0 Å². The summed E-state index contributed by atoms with van der Waals surface area (Å²) < 4.78 is 5.32. The Morgan fingerprint density at radius 2 is 1.88 bits per heavy atom. The number of benzene rings is 1. The van der Waals surface area contributed by atoms with E-state index in [1.54, 1.807) is 38.1 Å². The summed E-state index contributed by atoms with van der Waals surface area (Å²) in [4.78, 5) is 48.1. The predicted molar refractivity (Wildman–Crippen MR) is 88.5 cm³/mol. The van der Waals surface area contributed by atoms with Crippen molar-refractivity contribution < 1.29 is 23.9 Å². The number of ether oxygens (including phenoxy) is 1. The molecule has 0 fully saturated rings. The summed E-state index contributed by atoms with van der Waals surface area (Å²) in [5.41, 5.74) is 4.76. The number of carbonyl (C=O) groups is 4. The van der Waals surface area contributed by atoms with E-state index in [1.165, 1.54) is 4.90 Å². The van der Waals surface area contributed by atoms with Crippen LogP contribution in [0.3, 0.4) is 0 Å². The Labute approximate surface area is 144 Å². The average Bonchev–Trinajstić information content (AvgIpc) is 2.58. The van der Waals surface area contributed by atoms with Crippen LogP contribution in [0.1, 0.15) is 20.3 Å². The Morgan fingerprint density at radius 3 is 2.60 bits per heavy atom. The van der Waals surface area contributed by atoms with E-state index in [0.29, 0.717) is 11.4 Å². The molecule has 9 heteroatoms. The molecule has 0 aliphatic carbocycles. The molecule has 4 amide bonds. The number of rotatable bonds is 4. The molecule has 1 aromatic rings. The van der Waals surface area contributed by atoms with Crippen LogP contribution in [-0.4, -0.2) is 42.8 Å². The molecule has 2 rings (SSSR count). The van der Waals surface area contributed by atoms with Crippen molar-refractivity contribution in [2.45, 2.75) is 26.3 Å². The van der Waals surface area contributed by atoms with Gasteiger partial charge in [-0.15, -0.1) is 0 Å². The molecule has 9 nitrogen and oxygen atoms in total. The highest BCUT2D eigenvalue weighted by atomic mass is 16.5. The summed E-state index contributed by atoms with van der Waals surface area (Å²) in [5.74, 6) is -2.02. The predicted octanol–water partition coefficient (Wildman–Crippen LogP) is -0.526. The van der Waals surface area contributed by atoms with Gasteiger partial charge >= 0.3 is 11.8 Å². The number of nitrogens with zero attached hydrogens (tertiary/aromatic N) is 1. The first-order chi connectivity index (χ1) is 11.9. The van der Waals surface area contributed by atoms with Crippen molar-refractivity contribution in [1.29, 1.82) is 0 Å². The highest BCUT2D eigenvalue weighted by molar-refractivity contribution is 6.35. The van der Waals surface area contributed by atoms with Gasteiger partial charge in [0.25, 0.3) is 5.91 Å². The fraction of sp³-hybridized carbons (Fsp3) is 0.375. The fourth-order valence-electron chi connectivity index (χ4n) is 2.19. The first-order valence-corrected chi connectivity index (χ1v) is 7.80. The van der Waals surface area contributed by atoms with Gasteiger partial charge in [0.1, 0.15) is 5.75 Å². The Hall–Kier alpha value is -3.10. The van der Waals surface area contributed by atoms with Crippen LogP contribution in [0.25, 0.3) is 0 Å². The summed E-state index contributed by atoms with van der Waals surface area (Å²) in [5, 5.41) is 2.40. The van der Waals surface area contributed by atoms with E-state index < -0.39 is 17.7 Å². The van der Waals surface area contributed by atoms with Gasteiger partial charge in [0, 0.05) is 19.0 Å². The Bertz CT molecular complexity index is 689. The van der Waals surface area contributed by atoms with Gasteiger partial charge < -0.3 is 15.0 Å². The van der Waals surface area contributed by atoms with E-state index in [-0.39, 0.29) is 31.5 Å². The number of carbonyl (C=O) groups excluding carboxylic acids is 4. The third-order valence-electron chi connectivity index (χ3n) is 3.31. The van der Waals surface area contributed by atoms with Gasteiger partial charge in [0.05, 0.1) is 5.69 Å². The van der Waals surface area contributed by atoms with Crippen LogP contribution in [-0.2, 0) is 19.2 Å². The summed E-state index contributed by atoms with van der Waals surface area (Å²) in [6.07, 6.45) is -0.0495. The molecule has 0 saturated heterocycles. The van der Waals surface area contributed by atoms with Crippen molar-refractivity contribution in [2.24, 2.45) is 0 Å². The zero-order valence-corrected chi connectivity index (χ0v) is 14.0. The number of nitrogens with one attached hydrogen (secondary N) is 3. The second-order valence-corrected chi connectivity index (χ2v) is 5.68. The van der Waals surface area contributed by atoms with Crippen molar-refractivity contribution in [3.05, 3.63) is 24.3 Å². The van der Waals surface area contributed by atoms with Gasteiger partial charge in [-0.3, -0.25) is 30.0 Å². The molecule has 0 aromatic heterocycles. The number of fused-ring (bicyclic) bond motifs is 1. The number of amides is 4. The van der Waals surface area contributed by atoms with Crippen molar-refractivity contribution in [2.75, 3.05) is 18.1 Å². The van der Waals surface area contributed by atoms with Gasteiger partial charge in [-0.05, 0) is 26.0 Å². The summed E-state index contributed by atoms with van der Waals surface area (Å²) in [6, 6.07) is 6.82. The van der Waals surface area contributed by atoms with Gasteiger partial charge in [-0.25, -0.2) is 0 Å². The van der Waals surface area contributed by atoms with Crippen molar-refractivity contribution in [3.8, 4) is 5.75 Å². The lowest BCUT2D eigenvalue weighted by atomic mass is 10.2. The topological polar surface area (TPSA) is 117 Å².